The highest BCUT2D eigenvalue weighted by atomic mass is 32.2. The summed E-state index contributed by atoms with van der Waals surface area (Å²) in [6.07, 6.45) is 5.25. The second-order valence-corrected chi connectivity index (χ2v) is 8.03. The molecule has 1 aliphatic carbocycles. The van der Waals surface area contributed by atoms with Crippen molar-refractivity contribution >= 4 is 15.7 Å². The number of aryl methyl sites for hydroxylation is 1. The number of nitrogens with one attached hydrogen (secondary N) is 1. The van der Waals surface area contributed by atoms with Crippen LogP contribution < -0.4 is 0 Å². The maximum absolute atomic E-state index is 12.5. The van der Waals surface area contributed by atoms with Gasteiger partial charge in [0.25, 0.3) is 5.91 Å². The fourth-order valence-corrected chi connectivity index (χ4v) is 4.49. The molecule has 1 amide bonds. The van der Waals surface area contributed by atoms with Gasteiger partial charge in [-0.25, -0.2) is 8.42 Å². The highest BCUT2D eigenvalue weighted by molar-refractivity contribution is 7.91. The third-order valence-corrected chi connectivity index (χ3v) is 5.92. The summed E-state index contributed by atoms with van der Waals surface area (Å²) in [6.45, 7) is 1.98. The zero-order valence-electron chi connectivity index (χ0n) is 12.8. The van der Waals surface area contributed by atoms with Crippen LogP contribution in [0.25, 0.3) is 0 Å². The lowest BCUT2D eigenvalue weighted by Crippen LogP contribution is -2.49. The molecule has 2 rings (SSSR count). The molecule has 6 nitrogen and oxygen atoms in total. The van der Waals surface area contributed by atoms with Gasteiger partial charge in [0.2, 0.25) is 0 Å². The maximum Gasteiger partial charge on any atom is 0.274 e. The molecule has 1 aromatic rings. The van der Waals surface area contributed by atoms with Crippen molar-refractivity contribution in [3.63, 3.8) is 0 Å². The Kier molecular flexibility index (Phi) is 4.70. The molecule has 1 aromatic heterocycles. The number of carbonyl (C=O) groups is 1. The first kappa shape index (κ1) is 16.0. The molecule has 0 spiro atoms. The number of carbonyl (C=O) groups excluding carboxylic acids is 1. The molecule has 2 unspecified atom stereocenters. The van der Waals surface area contributed by atoms with Crippen LogP contribution in [0.4, 0.5) is 0 Å². The highest BCUT2D eigenvalue weighted by Gasteiger charge is 2.37. The van der Waals surface area contributed by atoms with Gasteiger partial charge in [-0.05, 0) is 25.3 Å². The number of H-pyrrole nitrogens is 1. The zero-order chi connectivity index (χ0) is 15.6. The van der Waals surface area contributed by atoms with Crippen LogP contribution in [-0.4, -0.2) is 54.0 Å². The summed E-state index contributed by atoms with van der Waals surface area (Å²) >= 11 is 0. The second-order valence-electron chi connectivity index (χ2n) is 5.77. The molecular formula is C14H23N3O3S. The Morgan fingerprint density at radius 3 is 2.67 bits per heavy atom. The summed E-state index contributed by atoms with van der Waals surface area (Å²) in [4.78, 5) is 14.1. The number of amides is 1. The highest BCUT2D eigenvalue weighted by Crippen LogP contribution is 2.28. The van der Waals surface area contributed by atoms with E-state index in [9.17, 15) is 13.2 Å². The number of rotatable bonds is 4. The molecule has 1 heterocycles. The summed E-state index contributed by atoms with van der Waals surface area (Å²) in [5.41, 5.74) is 1.25. The number of aromatic nitrogens is 2. The Morgan fingerprint density at radius 2 is 2.10 bits per heavy atom. The summed E-state index contributed by atoms with van der Waals surface area (Å²) in [5.74, 6) is -0.216. The van der Waals surface area contributed by atoms with E-state index in [-0.39, 0.29) is 11.9 Å². The third-order valence-electron chi connectivity index (χ3n) is 4.27. The molecule has 0 bridgehead atoms. The van der Waals surface area contributed by atoms with Crippen molar-refractivity contribution in [2.45, 2.75) is 50.3 Å². The molecule has 0 radical (unpaired) electrons. The van der Waals surface area contributed by atoms with E-state index < -0.39 is 15.1 Å². The SMILES string of the molecule is CCc1cc(C(=O)N(C)C2CCCCC2S(C)(=O)=O)n[nH]1. The number of nitrogens with zero attached hydrogens (tertiary/aromatic N) is 2. The Balaban J connectivity index is 2.20. The van der Waals surface area contributed by atoms with Crippen LogP contribution in [0.5, 0.6) is 0 Å². The van der Waals surface area contributed by atoms with Gasteiger partial charge in [-0.1, -0.05) is 19.8 Å². The van der Waals surface area contributed by atoms with Gasteiger partial charge in [-0.2, -0.15) is 5.10 Å². The normalized spacial score (nSPS) is 23.0. The van der Waals surface area contributed by atoms with Crippen LogP contribution in [0.3, 0.4) is 0 Å². The summed E-state index contributed by atoms with van der Waals surface area (Å²) < 4.78 is 23.9. The van der Waals surface area contributed by atoms with Gasteiger partial charge >= 0.3 is 0 Å². The fraction of sp³-hybridized carbons (Fsp3) is 0.714. The average molecular weight is 313 g/mol. The van der Waals surface area contributed by atoms with Crippen LogP contribution in [0, 0.1) is 0 Å². The van der Waals surface area contributed by atoms with Crippen molar-refractivity contribution in [2.75, 3.05) is 13.3 Å². The molecule has 1 saturated carbocycles. The number of aromatic amines is 1. The smallest absolute Gasteiger partial charge is 0.274 e. The van der Waals surface area contributed by atoms with Gasteiger partial charge in [-0.3, -0.25) is 9.89 Å². The zero-order valence-corrected chi connectivity index (χ0v) is 13.6. The molecule has 1 aliphatic rings. The van der Waals surface area contributed by atoms with Gasteiger partial charge in [0.05, 0.1) is 5.25 Å². The third kappa shape index (κ3) is 3.45. The van der Waals surface area contributed by atoms with Crippen LogP contribution in [0.2, 0.25) is 0 Å². The molecule has 0 aromatic carbocycles. The molecule has 0 aliphatic heterocycles. The predicted octanol–water partition coefficient (Wildman–Crippen LogP) is 1.40. The standard InChI is InChI=1S/C14H23N3O3S/c1-4-10-9-11(16-15-10)14(18)17(2)12-7-5-6-8-13(12)21(3,19)20/h9,12-13H,4-8H2,1-3H3,(H,15,16). The lowest BCUT2D eigenvalue weighted by atomic mass is 9.93. The Labute approximate surface area is 125 Å². The van der Waals surface area contributed by atoms with Crippen molar-refractivity contribution < 1.29 is 13.2 Å². The Hall–Kier alpha value is -1.37. The van der Waals surface area contributed by atoms with E-state index in [0.717, 1.165) is 31.4 Å². The van der Waals surface area contributed by atoms with E-state index in [1.165, 1.54) is 6.26 Å². The van der Waals surface area contributed by atoms with Crippen LogP contribution >= 0.6 is 0 Å². The van der Waals surface area contributed by atoms with Crippen molar-refractivity contribution in [3.8, 4) is 0 Å². The summed E-state index contributed by atoms with van der Waals surface area (Å²) in [6, 6.07) is 1.47. The molecule has 0 saturated heterocycles. The van der Waals surface area contributed by atoms with Gasteiger partial charge in [0.1, 0.15) is 5.69 Å². The van der Waals surface area contributed by atoms with Gasteiger partial charge < -0.3 is 4.90 Å². The molecule has 118 valence electrons. The summed E-state index contributed by atoms with van der Waals surface area (Å²) in [5, 5.41) is 6.38. The van der Waals surface area contributed by atoms with Crippen molar-refractivity contribution in [3.05, 3.63) is 17.5 Å². The van der Waals surface area contributed by atoms with E-state index in [1.54, 1.807) is 18.0 Å². The minimum absolute atomic E-state index is 0.216. The topological polar surface area (TPSA) is 83.1 Å². The van der Waals surface area contributed by atoms with Gasteiger partial charge in [-0.15, -0.1) is 0 Å². The molecule has 21 heavy (non-hydrogen) atoms. The van der Waals surface area contributed by atoms with Crippen LogP contribution in [-0.2, 0) is 16.3 Å². The quantitative estimate of drug-likeness (QED) is 0.911. The van der Waals surface area contributed by atoms with E-state index in [2.05, 4.69) is 10.2 Å². The lowest BCUT2D eigenvalue weighted by Gasteiger charge is -2.36. The maximum atomic E-state index is 12.5. The molecule has 2 atom stereocenters. The monoisotopic (exact) mass is 313 g/mol. The predicted molar refractivity (Wildman–Crippen MR) is 80.9 cm³/mol. The first-order valence-electron chi connectivity index (χ1n) is 7.35. The Morgan fingerprint density at radius 1 is 1.43 bits per heavy atom. The van der Waals surface area contributed by atoms with Crippen molar-refractivity contribution in [2.24, 2.45) is 0 Å². The van der Waals surface area contributed by atoms with Crippen molar-refractivity contribution in [1.82, 2.24) is 15.1 Å². The second kappa shape index (κ2) is 6.17. The van der Waals surface area contributed by atoms with E-state index >= 15 is 0 Å². The average Bonchev–Trinajstić information content (AvgIpc) is 2.93. The number of hydrogen-bond donors (Lipinski definition) is 1. The van der Waals surface area contributed by atoms with E-state index in [0.29, 0.717) is 12.1 Å². The largest absolute Gasteiger partial charge is 0.336 e. The molecule has 1 fully saturated rings. The minimum Gasteiger partial charge on any atom is -0.336 e. The van der Waals surface area contributed by atoms with Crippen LogP contribution in [0.1, 0.15) is 48.8 Å². The van der Waals surface area contributed by atoms with Crippen LogP contribution in [0.15, 0.2) is 6.07 Å². The van der Waals surface area contributed by atoms with Gasteiger partial charge in [0.15, 0.2) is 9.84 Å². The molecular weight excluding hydrogens is 290 g/mol. The van der Waals surface area contributed by atoms with Gasteiger partial charge in [0, 0.05) is 25.0 Å². The minimum atomic E-state index is -3.16. The van der Waals surface area contributed by atoms with E-state index in [1.807, 2.05) is 6.92 Å². The first-order valence-corrected chi connectivity index (χ1v) is 9.30. The Bertz CT molecular complexity index is 609. The fourth-order valence-electron chi connectivity index (χ4n) is 3.00. The van der Waals surface area contributed by atoms with E-state index in [4.69, 9.17) is 0 Å². The molecule has 1 N–H and O–H groups in total. The van der Waals surface area contributed by atoms with Crippen molar-refractivity contribution in [1.29, 1.82) is 0 Å². The summed E-state index contributed by atoms with van der Waals surface area (Å²) in [7, 11) is -1.48. The first-order chi connectivity index (χ1) is 9.84. The number of sulfone groups is 1. The lowest BCUT2D eigenvalue weighted by molar-refractivity contribution is 0.0694. The number of hydrogen-bond acceptors (Lipinski definition) is 4. The molecule has 7 heteroatoms.